The van der Waals surface area contributed by atoms with Gasteiger partial charge in [0, 0.05) is 27.9 Å². The van der Waals surface area contributed by atoms with Crippen molar-refractivity contribution in [3.63, 3.8) is 0 Å². The molecule has 21 heavy (non-hydrogen) atoms. The predicted molar refractivity (Wildman–Crippen MR) is 85.4 cm³/mol. The quantitative estimate of drug-likeness (QED) is 0.857. The number of benzene rings is 1. The van der Waals surface area contributed by atoms with Crippen LogP contribution in [0.1, 0.15) is 19.8 Å². The molecule has 0 saturated heterocycles. The van der Waals surface area contributed by atoms with Gasteiger partial charge in [0.05, 0.1) is 0 Å². The largest absolute Gasteiger partial charge is 0.868 e. The van der Waals surface area contributed by atoms with Gasteiger partial charge < -0.3 is 14.9 Å². The van der Waals surface area contributed by atoms with Gasteiger partial charge in [0.1, 0.15) is 17.8 Å². The number of rotatable bonds is 5. The molecule has 0 aliphatic carbocycles. The van der Waals surface area contributed by atoms with Crippen molar-refractivity contribution in [1.29, 1.82) is 0 Å². The zero-order valence-electron chi connectivity index (χ0n) is 11.9. The second-order valence-corrected chi connectivity index (χ2v) is 7.48. The lowest BCUT2D eigenvalue weighted by atomic mass is 10.2. The number of aromatic nitrogens is 1. The first-order chi connectivity index (χ1) is 9.90. The number of halogens is 1. The van der Waals surface area contributed by atoms with E-state index in [4.69, 9.17) is 11.6 Å². The SMILES string of the molecule is CC(=O)CCC[S+](C)c1c([O-])c2ccc(Cl)cc2[nH]c1=O. The van der Waals surface area contributed by atoms with Gasteiger partial charge in [0.15, 0.2) is 0 Å². The number of carbonyl (C=O) groups is 1. The molecule has 4 nitrogen and oxygen atoms in total. The highest BCUT2D eigenvalue weighted by atomic mass is 35.5. The lowest BCUT2D eigenvalue weighted by Crippen LogP contribution is -2.22. The molecule has 2 aromatic rings. The summed E-state index contributed by atoms with van der Waals surface area (Å²) in [5, 5.41) is 13.4. The molecule has 1 aromatic heterocycles. The highest BCUT2D eigenvalue weighted by Crippen LogP contribution is 2.28. The Morgan fingerprint density at radius 1 is 1.43 bits per heavy atom. The summed E-state index contributed by atoms with van der Waals surface area (Å²) in [5.74, 6) is 0.548. The molecule has 1 N–H and O–H groups in total. The lowest BCUT2D eigenvalue weighted by molar-refractivity contribution is -0.270. The predicted octanol–water partition coefficient (Wildman–Crippen LogP) is 2.23. The fourth-order valence-corrected chi connectivity index (χ4v) is 3.93. The topological polar surface area (TPSA) is 73.0 Å². The second kappa shape index (κ2) is 6.54. The van der Waals surface area contributed by atoms with Crippen LogP contribution >= 0.6 is 11.6 Å². The summed E-state index contributed by atoms with van der Waals surface area (Å²) in [7, 11) is -0.476. The van der Waals surface area contributed by atoms with Crippen LogP contribution in [-0.4, -0.2) is 22.8 Å². The molecular formula is C15H16ClNO3S. The molecule has 1 atom stereocenters. The van der Waals surface area contributed by atoms with Gasteiger partial charge in [-0.3, -0.25) is 4.79 Å². The van der Waals surface area contributed by atoms with Crippen molar-refractivity contribution in [3.8, 4) is 5.75 Å². The molecule has 0 spiro atoms. The van der Waals surface area contributed by atoms with Crippen LogP contribution in [0.2, 0.25) is 5.02 Å². The molecule has 112 valence electrons. The van der Waals surface area contributed by atoms with Crippen molar-refractivity contribution in [2.45, 2.75) is 24.7 Å². The fraction of sp³-hybridized carbons (Fsp3) is 0.333. The highest BCUT2D eigenvalue weighted by Gasteiger charge is 2.22. The minimum atomic E-state index is -0.476. The summed E-state index contributed by atoms with van der Waals surface area (Å²) in [6.07, 6.45) is 3.03. The van der Waals surface area contributed by atoms with Crippen LogP contribution in [-0.2, 0) is 15.7 Å². The fourth-order valence-electron chi connectivity index (χ4n) is 2.18. The van der Waals surface area contributed by atoms with Crippen LogP contribution in [0.4, 0.5) is 0 Å². The third-order valence-electron chi connectivity index (χ3n) is 3.21. The number of pyridine rings is 1. The van der Waals surface area contributed by atoms with Crippen LogP contribution < -0.4 is 10.7 Å². The summed E-state index contributed by atoms with van der Waals surface area (Å²) in [6, 6.07) is 4.84. The van der Waals surface area contributed by atoms with E-state index in [0.717, 1.165) is 0 Å². The molecule has 1 heterocycles. The minimum Gasteiger partial charge on any atom is -0.868 e. The van der Waals surface area contributed by atoms with E-state index in [1.54, 1.807) is 25.1 Å². The monoisotopic (exact) mass is 325 g/mol. The molecule has 0 fully saturated rings. The number of H-pyrrole nitrogens is 1. The van der Waals surface area contributed by atoms with Crippen LogP contribution in [0.15, 0.2) is 27.9 Å². The minimum absolute atomic E-state index is 0.122. The number of fused-ring (bicyclic) bond motifs is 1. The Bertz CT molecular complexity index is 742. The summed E-state index contributed by atoms with van der Waals surface area (Å²) < 4.78 is 0. The summed E-state index contributed by atoms with van der Waals surface area (Å²) in [5.41, 5.74) is 0.102. The maximum absolute atomic E-state index is 12.5. The molecule has 0 aliphatic heterocycles. The normalized spacial score (nSPS) is 12.5. The van der Waals surface area contributed by atoms with Gasteiger partial charge in [0.2, 0.25) is 4.90 Å². The third-order valence-corrected chi connectivity index (χ3v) is 5.42. The van der Waals surface area contributed by atoms with Gasteiger partial charge in [-0.15, -0.1) is 0 Å². The zero-order valence-corrected chi connectivity index (χ0v) is 13.4. The summed E-state index contributed by atoms with van der Waals surface area (Å²) in [6.45, 7) is 1.54. The van der Waals surface area contributed by atoms with E-state index in [9.17, 15) is 14.7 Å². The molecular weight excluding hydrogens is 310 g/mol. The number of nitrogens with one attached hydrogen (secondary N) is 1. The number of aromatic amines is 1. The average Bonchev–Trinajstić information content (AvgIpc) is 2.37. The molecule has 0 saturated carbocycles. The summed E-state index contributed by atoms with van der Waals surface area (Å²) in [4.78, 5) is 26.1. The molecule has 0 amide bonds. The van der Waals surface area contributed by atoms with Crippen molar-refractivity contribution in [3.05, 3.63) is 33.6 Å². The van der Waals surface area contributed by atoms with Crippen LogP contribution in [0.5, 0.6) is 5.75 Å². The Morgan fingerprint density at radius 3 is 2.81 bits per heavy atom. The Morgan fingerprint density at radius 2 is 2.14 bits per heavy atom. The Hall–Kier alpha value is -1.46. The van der Waals surface area contributed by atoms with Gasteiger partial charge in [0.25, 0.3) is 0 Å². The maximum Gasteiger partial charge on any atom is 0.303 e. The van der Waals surface area contributed by atoms with Crippen molar-refractivity contribution in [2.75, 3.05) is 12.0 Å². The second-order valence-electron chi connectivity index (χ2n) is 4.95. The van der Waals surface area contributed by atoms with Gasteiger partial charge in [-0.05, 0) is 36.6 Å². The Labute approximate surface area is 130 Å². The molecule has 1 unspecified atom stereocenters. The molecule has 0 bridgehead atoms. The van der Waals surface area contributed by atoms with E-state index >= 15 is 0 Å². The highest BCUT2D eigenvalue weighted by molar-refractivity contribution is 7.96. The Kier molecular flexibility index (Phi) is 4.96. The van der Waals surface area contributed by atoms with Gasteiger partial charge >= 0.3 is 5.56 Å². The number of ketones is 1. The van der Waals surface area contributed by atoms with Gasteiger partial charge in [-0.25, -0.2) is 0 Å². The molecule has 6 heteroatoms. The number of carbonyl (C=O) groups excluding carboxylic acids is 1. The van der Waals surface area contributed by atoms with Crippen molar-refractivity contribution in [2.24, 2.45) is 0 Å². The van der Waals surface area contributed by atoms with E-state index in [1.807, 2.05) is 6.26 Å². The van der Waals surface area contributed by atoms with E-state index < -0.39 is 10.9 Å². The first-order valence-corrected chi connectivity index (χ1v) is 8.72. The van der Waals surface area contributed by atoms with E-state index in [0.29, 0.717) is 34.5 Å². The standard InChI is InChI=1S/C15H16ClNO3S/c1-9(18)4-3-7-21(2)14-13(19)11-6-5-10(16)8-12(11)17-15(14)20/h5-6,8H,3-4,7H2,1-2H3,(H-,17,19,20). The first kappa shape index (κ1) is 15.9. The van der Waals surface area contributed by atoms with Crippen molar-refractivity contribution in [1.82, 2.24) is 4.98 Å². The van der Waals surface area contributed by atoms with E-state index in [1.165, 1.54) is 0 Å². The molecule has 0 radical (unpaired) electrons. The number of hydrogen-bond acceptors (Lipinski definition) is 3. The smallest absolute Gasteiger partial charge is 0.303 e. The van der Waals surface area contributed by atoms with Gasteiger partial charge in [-0.2, -0.15) is 0 Å². The molecule has 2 rings (SSSR count). The zero-order chi connectivity index (χ0) is 15.6. The number of hydrogen-bond donors (Lipinski definition) is 1. The van der Waals surface area contributed by atoms with E-state index in [-0.39, 0.29) is 22.0 Å². The Balaban J connectivity index is 2.37. The third kappa shape index (κ3) is 3.60. The van der Waals surface area contributed by atoms with Crippen LogP contribution in [0, 0.1) is 0 Å². The van der Waals surface area contributed by atoms with E-state index in [2.05, 4.69) is 4.98 Å². The van der Waals surface area contributed by atoms with Crippen LogP contribution in [0.25, 0.3) is 10.9 Å². The molecule has 0 aliphatic rings. The average molecular weight is 326 g/mol. The first-order valence-electron chi connectivity index (χ1n) is 6.54. The van der Waals surface area contributed by atoms with Crippen molar-refractivity contribution < 1.29 is 9.90 Å². The lowest BCUT2D eigenvalue weighted by Gasteiger charge is -2.14. The van der Waals surface area contributed by atoms with Crippen molar-refractivity contribution >= 4 is 39.2 Å². The summed E-state index contributed by atoms with van der Waals surface area (Å²) >= 11 is 5.87. The number of Topliss-reactive ketones (excluding diaryl/α,β-unsaturated/α-hetero) is 1. The van der Waals surface area contributed by atoms with Gasteiger partial charge in [-0.1, -0.05) is 17.7 Å². The van der Waals surface area contributed by atoms with Crippen LogP contribution in [0.3, 0.4) is 0 Å². The maximum atomic E-state index is 12.5. The molecule has 1 aromatic carbocycles.